The number of aliphatic hydroxyl groups is 2. The highest BCUT2D eigenvalue weighted by atomic mass is 31.0. The molecule has 0 aromatic carbocycles. The summed E-state index contributed by atoms with van der Waals surface area (Å²) in [6.45, 7) is 0.676. The lowest BCUT2D eigenvalue weighted by atomic mass is 9.93. The minimum absolute atomic E-state index is 0.338. The Balaban J connectivity index is 3.45. The van der Waals surface area contributed by atoms with E-state index in [1.54, 1.807) is 0 Å². The first kappa shape index (κ1) is 16.4. The fourth-order valence-corrected chi connectivity index (χ4v) is 2.58. The average molecular weight is 248 g/mol. The van der Waals surface area contributed by atoms with E-state index in [0.717, 1.165) is 18.8 Å². The first-order valence-electron chi connectivity index (χ1n) is 6.77. The summed E-state index contributed by atoms with van der Waals surface area (Å²) in [5.41, 5.74) is 0. The molecule has 0 aliphatic heterocycles. The summed E-state index contributed by atoms with van der Waals surface area (Å²) in [7, 11) is 2.82. The van der Waals surface area contributed by atoms with Gasteiger partial charge in [-0.05, 0) is 31.3 Å². The van der Waals surface area contributed by atoms with Crippen molar-refractivity contribution in [1.29, 1.82) is 0 Å². The number of unbranched alkanes of at least 4 members (excludes halogenated alkanes) is 4. The Labute approximate surface area is 103 Å². The van der Waals surface area contributed by atoms with Crippen LogP contribution >= 0.6 is 9.24 Å². The molecule has 0 saturated carbocycles. The van der Waals surface area contributed by atoms with E-state index in [2.05, 4.69) is 9.24 Å². The molecule has 0 radical (unpaired) electrons. The molecule has 98 valence electrons. The van der Waals surface area contributed by atoms with Gasteiger partial charge in [0.25, 0.3) is 0 Å². The molecule has 2 N–H and O–H groups in total. The Bertz CT molecular complexity index is 119. The minimum Gasteiger partial charge on any atom is -0.396 e. The highest BCUT2D eigenvalue weighted by Crippen LogP contribution is 2.21. The largest absolute Gasteiger partial charge is 0.396 e. The van der Waals surface area contributed by atoms with E-state index >= 15 is 0 Å². The van der Waals surface area contributed by atoms with Gasteiger partial charge in [0.2, 0.25) is 0 Å². The summed E-state index contributed by atoms with van der Waals surface area (Å²) in [6, 6.07) is 0. The van der Waals surface area contributed by atoms with E-state index in [0.29, 0.717) is 13.2 Å². The number of rotatable bonds is 12. The maximum absolute atomic E-state index is 8.71. The van der Waals surface area contributed by atoms with Crippen LogP contribution in [-0.4, -0.2) is 29.6 Å². The molecule has 0 rings (SSSR count). The monoisotopic (exact) mass is 248 g/mol. The number of aliphatic hydroxyl groups excluding tert-OH is 2. The van der Waals surface area contributed by atoms with Crippen LogP contribution in [0.15, 0.2) is 0 Å². The van der Waals surface area contributed by atoms with Crippen LogP contribution in [0.3, 0.4) is 0 Å². The first-order valence-corrected chi connectivity index (χ1v) is 7.58. The van der Waals surface area contributed by atoms with Crippen molar-refractivity contribution in [3.8, 4) is 0 Å². The molecule has 0 amide bonds. The zero-order valence-electron chi connectivity index (χ0n) is 10.5. The number of hydrogen-bond acceptors (Lipinski definition) is 2. The van der Waals surface area contributed by atoms with Crippen molar-refractivity contribution < 1.29 is 10.2 Å². The fourth-order valence-electron chi connectivity index (χ4n) is 2.11. The van der Waals surface area contributed by atoms with Gasteiger partial charge in [0.15, 0.2) is 0 Å². The van der Waals surface area contributed by atoms with E-state index in [1.165, 1.54) is 51.1 Å². The number of hydrogen-bond donors (Lipinski definition) is 2. The maximum atomic E-state index is 8.71. The molecule has 0 heterocycles. The SMILES string of the molecule is OCCCCCC(CCP)CCCCCO. The van der Waals surface area contributed by atoms with Crippen molar-refractivity contribution in [2.75, 3.05) is 19.4 Å². The zero-order chi connectivity index (χ0) is 12.1. The van der Waals surface area contributed by atoms with Gasteiger partial charge in [-0.3, -0.25) is 0 Å². The molecule has 0 fully saturated rings. The Morgan fingerprint density at radius 3 is 1.56 bits per heavy atom. The summed E-state index contributed by atoms with van der Waals surface area (Å²) in [5.74, 6) is 0.856. The second kappa shape index (κ2) is 13.4. The molecular formula is C13H29O2P. The molecule has 3 heteroatoms. The lowest BCUT2D eigenvalue weighted by Crippen LogP contribution is -2.02. The molecule has 0 aliphatic rings. The van der Waals surface area contributed by atoms with Crippen molar-refractivity contribution in [1.82, 2.24) is 0 Å². The van der Waals surface area contributed by atoms with Gasteiger partial charge in [-0.1, -0.05) is 38.5 Å². The third-order valence-electron chi connectivity index (χ3n) is 3.12. The maximum Gasteiger partial charge on any atom is 0.0431 e. The lowest BCUT2D eigenvalue weighted by Gasteiger charge is -2.15. The predicted molar refractivity (Wildman–Crippen MR) is 73.8 cm³/mol. The summed E-state index contributed by atoms with van der Waals surface area (Å²) in [4.78, 5) is 0. The standard InChI is InChI=1S/C13H29O2P/c14-10-5-1-3-7-13(9-12-16)8-4-2-6-11-15/h13-15H,1-12,16H2. The van der Waals surface area contributed by atoms with Crippen molar-refractivity contribution in [2.45, 2.75) is 57.8 Å². The van der Waals surface area contributed by atoms with Crippen molar-refractivity contribution in [3.63, 3.8) is 0 Å². The lowest BCUT2D eigenvalue weighted by molar-refractivity contribution is 0.275. The third kappa shape index (κ3) is 10.9. The normalized spacial score (nSPS) is 11.2. The molecule has 0 aromatic rings. The van der Waals surface area contributed by atoms with Gasteiger partial charge in [-0.2, -0.15) is 0 Å². The molecule has 2 nitrogen and oxygen atoms in total. The van der Waals surface area contributed by atoms with Gasteiger partial charge in [-0.15, -0.1) is 9.24 Å². The summed E-state index contributed by atoms with van der Waals surface area (Å²) >= 11 is 0. The van der Waals surface area contributed by atoms with Gasteiger partial charge >= 0.3 is 0 Å². The van der Waals surface area contributed by atoms with Gasteiger partial charge in [0.1, 0.15) is 0 Å². The molecular weight excluding hydrogens is 219 g/mol. The summed E-state index contributed by atoms with van der Waals surface area (Å²) in [5, 5.41) is 17.4. The fraction of sp³-hybridized carbons (Fsp3) is 1.00. The highest BCUT2D eigenvalue weighted by molar-refractivity contribution is 7.16. The quantitative estimate of drug-likeness (QED) is 0.412. The smallest absolute Gasteiger partial charge is 0.0431 e. The average Bonchev–Trinajstić information content (AvgIpc) is 2.30. The Hall–Kier alpha value is 0.350. The van der Waals surface area contributed by atoms with Gasteiger partial charge in [-0.25, -0.2) is 0 Å². The zero-order valence-corrected chi connectivity index (χ0v) is 11.7. The first-order chi connectivity index (χ1) is 7.85. The van der Waals surface area contributed by atoms with E-state index in [9.17, 15) is 0 Å². The second-order valence-electron chi connectivity index (χ2n) is 4.59. The van der Waals surface area contributed by atoms with Crippen LogP contribution in [0, 0.1) is 5.92 Å². The van der Waals surface area contributed by atoms with Crippen molar-refractivity contribution >= 4 is 9.24 Å². The van der Waals surface area contributed by atoms with E-state index in [1.807, 2.05) is 0 Å². The van der Waals surface area contributed by atoms with Gasteiger partial charge in [0.05, 0.1) is 0 Å². The van der Waals surface area contributed by atoms with Crippen LogP contribution in [0.5, 0.6) is 0 Å². The van der Waals surface area contributed by atoms with Gasteiger partial charge < -0.3 is 10.2 Å². The van der Waals surface area contributed by atoms with E-state index < -0.39 is 0 Å². The molecule has 16 heavy (non-hydrogen) atoms. The minimum atomic E-state index is 0.338. The van der Waals surface area contributed by atoms with E-state index in [4.69, 9.17) is 10.2 Å². The summed E-state index contributed by atoms with van der Waals surface area (Å²) in [6.07, 6.45) is 11.9. The third-order valence-corrected chi connectivity index (χ3v) is 3.45. The van der Waals surface area contributed by atoms with Crippen LogP contribution < -0.4 is 0 Å². The van der Waals surface area contributed by atoms with Crippen molar-refractivity contribution in [3.05, 3.63) is 0 Å². The Morgan fingerprint density at radius 1 is 0.688 bits per heavy atom. The molecule has 0 aromatic heterocycles. The molecule has 0 saturated heterocycles. The van der Waals surface area contributed by atoms with Crippen LogP contribution in [0.1, 0.15) is 57.8 Å². The Morgan fingerprint density at radius 2 is 1.19 bits per heavy atom. The van der Waals surface area contributed by atoms with E-state index in [-0.39, 0.29) is 0 Å². The predicted octanol–water partition coefficient (Wildman–Crippen LogP) is 2.97. The molecule has 0 spiro atoms. The Kier molecular flexibility index (Phi) is 13.7. The van der Waals surface area contributed by atoms with Crippen molar-refractivity contribution in [2.24, 2.45) is 5.92 Å². The van der Waals surface area contributed by atoms with Gasteiger partial charge in [0, 0.05) is 13.2 Å². The van der Waals surface area contributed by atoms with Crippen LogP contribution in [0.2, 0.25) is 0 Å². The van der Waals surface area contributed by atoms with Crippen LogP contribution in [0.4, 0.5) is 0 Å². The molecule has 0 bridgehead atoms. The topological polar surface area (TPSA) is 40.5 Å². The van der Waals surface area contributed by atoms with Crippen LogP contribution in [0.25, 0.3) is 0 Å². The molecule has 1 atom stereocenters. The molecule has 0 aliphatic carbocycles. The highest BCUT2D eigenvalue weighted by Gasteiger charge is 2.07. The second-order valence-corrected chi connectivity index (χ2v) is 5.17. The summed E-state index contributed by atoms with van der Waals surface area (Å²) < 4.78 is 0. The van der Waals surface area contributed by atoms with Crippen LogP contribution in [-0.2, 0) is 0 Å². The molecule has 1 unspecified atom stereocenters.